The smallest absolute Gasteiger partial charge is 0.255 e. The summed E-state index contributed by atoms with van der Waals surface area (Å²) in [6.07, 6.45) is 1.58. The van der Waals surface area contributed by atoms with E-state index >= 15 is 0 Å². The molecule has 7 nitrogen and oxygen atoms in total. The van der Waals surface area contributed by atoms with Gasteiger partial charge in [-0.05, 0) is 24.3 Å². The van der Waals surface area contributed by atoms with E-state index in [2.05, 4.69) is 20.2 Å². The molecule has 1 aliphatic rings. The summed E-state index contributed by atoms with van der Waals surface area (Å²) in [4.78, 5) is 16.6. The lowest BCUT2D eigenvalue weighted by atomic mass is 10.2. The third-order valence-electron chi connectivity index (χ3n) is 4.14. The number of amides is 1. The Hall–Kier alpha value is -2.67. The maximum absolute atomic E-state index is 12.6. The third-order valence-corrected chi connectivity index (χ3v) is 4.47. The van der Waals surface area contributed by atoms with Gasteiger partial charge < -0.3 is 9.80 Å². The molecule has 8 heteroatoms. The second kappa shape index (κ2) is 6.09. The number of fused-ring (bicyclic) bond motifs is 1. The van der Waals surface area contributed by atoms with E-state index in [1.54, 1.807) is 23.0 Å². The minimum atomic E-state index is -0.0255. The van der Waals surface area contributed by atoms with Gasteiger partial charge in [0, 0.05) is 26.2 Å². The zero-order chi connectivity index (χ0) is 16.5. The zero-order valence-electron chi connectivity index (χ0n) is 12.8. The van der Waals surface area contributed by atoms with Crippen molar-refractivity contribution in [1.82, 2.24) is 24.7 Å². The summed E-state index contributed by atoms with van der Waals surface area (Å²) in [6.45, 7) is 2.70. The van der Waals surface area contributed by atoms with Crippen molar-refractivity contribution in [2.45, 2.75) is 0 Å². The van der Waals surface area contributed by atoms with Gasteiger partial charge >= 0.3 is 0 Å². The monoisotopic (exact) mass is 342 g/mol. The summed E-state index contributed by atoms with van der Waals surface area (Å²) in [5.41, 5.74) is 1.27. The maximum atomic E-state index is 12.6. The van der Waals surface area contributed by atoms with E-state index in [0.29, 0.717) is 29.3 Å². The molecule has 0 bridgehead atoms. The summed E-state index contributed by atoms with van der Waals surface area (Å²) in [6, 6.07) is 11.0. The Balaban J connectivity index is 1.46. The highest BCUT2D eigenvalue weighted by Crippen LogP contribution is 2.19. The van der Waals surface area contributed by atoms with E-state index in [4.69, 9.17) is 11.6 Å². The Labute approximate surface area is 143 Å². The highest BCUT2D eigenvalue weighted by molar-refractivity contribution is 6.33. The SMILES string of the molecule is O=C(c1ccccc1Cl)N1CCN(c2ccc3nncn3n2)CC1. The first kappa shape index (κ1) is 14.9. The number of aromatic nitrogens is 4. The molecule has 0 N–H and O–H groups in total. The molecule has 0 atom stereocenters. The zero-order valence-corrected chi connectivity index (χ0v) is 13.6. The molecule has 1 aliphatic heterocycles. The predicted octanol–water partition coefficient (Wildman–Crippen LogP) is 1.74. The number of piperazine rings is 1. The second-order valence-corrected chi connectivity index (χ2v) is 5.99. The molecule has 0 aliphatic carbocycles. The van der Waals surface area contributed by atoms with Crippen LogP contribution in [0.5, 0.6) is 0 Å². The van der Waals surface area contributed by atoms with Crippen molar-refractivity contribution in [3.63, 3.8) is 0 Å². The van der Waals surface area contributed by atoms with Gasteiger partial charge in [-0.3, -0.25) is 4.79 Å². The number of carbonyl (C=O) groups excluding carboxylic acids is 1. The van der Waals surface area contributed by atoms with Crippen LogP contribution in [0.1, 0.15) is 10.4 Å². The van der Waals surface area contributed by atoms with Gasteiger partial charge in [-0.1, -0.05) is 23.7 Å². The minimum Gasteiger partial charge on any atom is -0.352 e. The van der Waals surface area contributed by atoms with Crippen molar-refractivity contribution < 1.29 is 4.79 Å². The van der Waals surface area contributed by atoms with Crippen molar-refractivity contribution in [2.75, 3.05) is 31.1 Å². The van der Waals surface area contributed by atoms with Gasteiger partial charge in [0.2, 0.25) is 0 Å². The predicted molar refractivity (Wildman–Crippen MR) is 90.4 cm³/mol. The van der Waals surface area contributed by atoms with Gasteiger partial charge in [-0.15, -0.1) is 15.3 Å². The number of hydrogen-bond donors (Lipinski definition) is 0. The largest absolute Gasteiger partial charge is 0.352 e. The van der Waals surface area contributed by atoms with Crippen LogP contribution in [-0.2, 0) is 0 Å². The van der Waals surface area contributed by atoms with E-state index in [0.717, 1.165) is 18.9 Å². The minimum absolute atomic E-state index is 0.0255. The van der Waals surface area contributed by atoms with Gasteiger partial charge in [-0.25, -0.2) is 0 Å². The molecule has 1 fully saturated rings. The van der Waals surface area contributed by atoms with Gasteiger partial charge in [0.15, 0.2) is 5.65 Å². The topological polar surface area (TPSA) is 66.6 Å². The van der Waals surface area contributed by atoms with Crippen LogP contribution in [0.4, 0.5) is 5.82 Å². The Bertz CT molecular complexity index is 887. The third kappa shape index (κ3) is 2.67. The molecular formula is C16H15ClN6O. The lowest BCUT2D eigenvalue weighted by Crippen LogP contribution is -2.49. The normalized spacial score (nSPS) is 15.0. The molecule has 1 aromatic carbocycles. The first-order valence-corrected chi connectivity index (χ1v) is 8.06. The molecule has 3 aromatic rings. The molecule has 4 rings (SSSR count). The van der Waals surface area contributed by atoms with E-state index in [1.165, 1.54) is 0 Å². The summed E-state index contributed by atoms with van der Waals surface area (Å²) in [5, 5.41) is 12.8. The number of nitrogens with zero attached hydrogens (tertiary/aromatic N) is 6. The van der Waals surface area contributed by atoms with Crippen molar-refractivity contribution in [2.24, 2.45) is 0 Å². The van der Waals surface area contributed by atoms with Crippen LogP contribution < -0.4 is 4.90 Å². The van der Waals surface area contributed by atoms with E-state index in [-0.39, 0.29) is 5.91 Å². The maximum Gasteiger partial charge on any atom is 0.255 e. The summed E-state index contributed by atoms with van der Waals surface area (Å²) in [5.74, 6) is 0.828. The van der Waals surface area contributed by atoms with Gasteiger partial charge in [-0.2, -0.15) is 4.52 Å². The number of benzene rings is 1. The highest BCUT2D eigenvalue weighted by atomic mass is 35.5. The highest BCUT2D eigenvalue weighted by Gasteiger charge is 2.24. The van der Waals surface area contributed by atoms with Crippen LogP contribution in [0.3, 0.4) is 0 Å². The average Bonchev–Trinajstić information content (AvgIpc) is 3.09. The Morgan fingerprint density at radius 3 is 2.62 bits per heavy atom. The number of anilines is 1. The first-order chi connectivity index (χ1) is 11.7. The summed E-state index contributed by atoms with van der Waals surface area (Å²) < 4.78 is 1.65. The lowest BCUT2D eigenvalue weighted by molar-refractivity contribution is 0.0746. The number of hydrogen-bond acceptors (Lipinski definition) is 5. The molecule has 1 saturated heterocycles. The molecule has 2 aromatic heterocycles. The van der Waals surface area contributed by atoms with Crippen LogP contribution in [0.15, 0.2) is 42.7 Å². The average molecular weight is 343 g/mol. The fraction of sp³-hybridized carbons (Fsp3) is 0.250. The molecule has 0 saturated carbocycles. The standard InChI is InChI=1S/C16H15ClN6O/c17-13-4-2-1-3-12(13)16(24)22-9-7-21(8-10-22)15-6-5-14-19-18-11-23(14)20-15/h1-6,11H,7-10H2. The Kier molecular flexibility index (Phi) is 3.78. The van der Waals surface area contributed by atoms with E-state index < -0.39 is 0 Å². The van der Waals surface area contributed by atoms with Crippen molar-refractivity contribution in [1.29, 1.82) is 0 Å². The second-order valence-electron chi connectivity index (χ2n) is 5.58. The first-order valence-electron chi connectivity index (χ1n) is 7.68. The fourth-order valence-electron chi connectivity index (χ4n) is 2.83. The Morgan fingerprint density at radius 2 is 1.83 bits per heavy atom. The fourth-order valence-corrected chi connectivity index (χ4v) is 3.05. The Morgan fingerprint density at radius 1 is 1.04 bits per heavy atom. The quantitative estimate of drug-likeness (QED) is 0.709. The van der Waals surface area contributed by atoms with E-state index in [9.17, 15) is 4.79 Å². The molecule has 0 unspecified atom stereocenters. The van der Waals surface area contributed by atoms with Crippen LogP contribution in [0, 0.1) is 0 Å². The number of halogens is 1. The molecule has 0 radical (unpaired) electrons. The number of rotatable bonds is 2. The lowest BCUT2D eigenvalue weighted by Gasteiger charge is -2.35. The number of carbonyl (C=O) groups is 1. The molecule has 122 valence electrons. The molecule has 0 spiro atoms. The van der Waals surface area contributed by atoms with Gasteiger partial charge in [0.25, 0.3) is 5.91 Å². The van der Waals surface area contributed by atoms with Gasteiger partial charge in [0.1, 0.15) is 12.1 Å². The van der Waals surface area contributed by atoms with Crippen molar-refractivity contribution in [3.8, 4) is 0 Å². The van der Waals surface area contributed by atoms with Crippen molar-refractivity contribution in [3.05, 3.63) is 53.3 Å². The van der Waals surface area contributed by atoms with Crippen LogP contribution in [0.25, 0.3) is 5.65 Å². The molecular weight excluding hydrogens is 328 g/mol. The molecule has 1 amide bonds. The van der Waals surface area contributed by atoms with Crippen LogP contribution >= 0.6 is 11.6 Å². The van der Waals surface area contributed by atoms with E-state index in [1.807, 2.05) is 29.2 Å². The van der Waals surface area contributed by atoms with Gasteiger partial charge in [0.05, 0.1) is 10.6 Å². The van der Waals surface area contributed by atoms with Crippen molar-refractivity contribution >= 4 is 29.0 Å². The summed E-state index contributed by atoms with van der Waals surface area (Å²) in [7, 11) is 0. The van der Waals surface area contributed by atoms with Crippen LogP contribution in [0.2, 0.25) is 5.02 Å². The summed E-state index contributed by atoms with van der Waals surface area (Å²) >= 11 is 6.13. The molecule has 24 heavy (non-hydrogen) atoms. The van der Waals surface area contributed by atoms with Crippen LogP contribution in [-0.4, -0.2) is 56.8 Å². The molecule has 3 heterocycles.